The molecular weight excluding hydrogens is 220 g/mol. The van der Waals surface area contributed by atoms with E-state index in [-0.39, 0.29) is 0 Å². The molecule has 0 bridgehead atoms. The third-order valence-electron chi connectivity index (χ3n) is 2.68. The van der Waals surface area contributed by atoms with Crippen LogP contribution in [0.4, 0.5) is 0 Å². The molecule has 98 valence electrons. The second kappa shape index (κ2) is 13.3. The molecule has 0 aromatic carbocycles. The SMILES string of the molecule is CCCSC(CCCO)CCCCCCO. The maximum absolute atomic E-state index is 8.85. The normalized spacial score (nSPS) is 12.9. The lowest BCUT2D eigenvalue weighted by molar-refractivity contribution is 0.280. The van der Waals surface area contributed by atoms with Gasteiger partial charge in [-0.3, -0.25) is 0 Å². The molecule has 0 rings (SSSR count). The third kappa shape index (κ3) is 10.8. The zero-order valence-electron chi connectivity index (χ0n) is 10.7. The minimum Gasteiger partial charge on any atom is -0.396 e. The number of aliphatic hydroxyl groups is 2. The lowest BCUT2D eigenvalue weighted by atomic mass is 10.1. The molecule has 1 atom stereocenters. The van der Waals surface area contributed by atoms with E-state index in [4.69, 9.17) is 10.2 Å². The van der Waals surface area contributed by atoms with E-state index in [0.29, 0.717) is 13.2 Å². The summed E-state index contributed by atoms with van der Waals surface area (Å²) in [5, 5.41) is 18.3. The maximum Gasteiger partial charge on any atom is 0.0431 e. The van der Waals surface area contributed by atoms with E-state index in [2.05, 4.69) is 18.7 Å². The Kier molecular flexibility index (Phi) is 13.6. The van der Waals surface area contributed by atoms with Gasteiger partial charge in [-0.05, 0) is 37.9 Å². The summed E-state index contributed by atoms with van der Waals surface area (Å²) in [4.78, 5) is 0. The summed E-state index contributed by atoms with van der Waals surface area (Å²) in [6.07, 6.45) is 9.22. The van der Waals surface area contributed by atoms with Gasteiger partial charge in [0.15, 0.2) is 0 Å². The molecule has 1 unspecified atom stereocenters. The fraction of sp³-hybridized carbons (Fsp3) is 1.00. The molecule has 0 aliphatic rings. The summed E-state index contributed by atoms with van der Waals surface area (Å²) in [5.41, 5.74) is 0. The number of unbranched alkanes of at least 4 members (excludes halogenated alkanes) is 3. The van der Waals surface area contributed by atoms with Gasteiger partial charge in [0, 0.05) is 18.5 Å². The van der Waals surface area contributed by atoms with Gasteiger partial charge in [-0.15, -0.1) is 0 Å². The number of thioether (sulfide) groups is 1. The van der Waals surface area contributed by atoms with Crippen LogP contribution in [0.15, 0.2) is 0 Å². The van der Waals surface area contributed by atoms with Gasteiger partial charge < -0.3 is 10.2 Å². The van der Waals surface area contributed by atoms with E-state index in [1.165, 1.54) is 31.4 Å². The average molecular weight is 248 g/mol. The van der Waals surface area contributed by atoms with Gasteiger partial charge in [-0.1, -0.05) is 26.2 Å². The van der Waals surface area contributed by atoms with Crippen molar-refractivity contribution in [2.75, 3.05) is 19.0 Å². The Labute approximate surface area is 105 Å². The summed E-state index contributed by atoms with van der Waals surface area (Å²) >= 11 is 2.06. The highest BCUT2D eigenvalue weighted by molar-refractivity contribution is 7.99. The van der Waals surface area contributed by atoms with E-state index >= 15 is 0 Å². The molecule has 0 aromatic heterocycles. The predicted octanol–water partition coefficient (Wildman–Crippen LogP) is 3.21. The Balaban J connectivity index is 3.48. The van der Waals surface area contributed by atoms with Crippen molar-refractivity contribution < 1.29 is 10.2 Å². The number of aliphatic hydroxyl groups excluding tert-OH is 2. The van der Waals surface area contributed by atoms with Crippen LogP contribution in [0, 0.1) is 0 Å². The van der Waals surface area contributed by atoms with Gasteiger partial charge in [0.25, 0.3) is 0 Å². The monoisotopic (exact) mass is 248 g/mol. The van der Waals surface area contributed by atoms with Crippen LogP contribution in [0.3, 0.4) is 0 Å². The van der Waals surface area contributed by atoms with Crippen LogP contribution in [0.5, 0.6) is 0 Å². The van der Waals surface area contributed by atoms with Gasteiger partial charge in [0.2, 0.25) is 0 Å². The number of hydrogen-bond acceptors (Lipinski definition) is 3. The van der Waals surface area contributed by atoms with Gasteiger partial charge in [0.05, 0.1) is 0 Å². The second-order valence-electron chi connectivity index (χ2n) is 4.29. The summed E-state index contributed by atoms with van der Waals surface area (Å²) < 4.78 is 0. The summed E-state index contributed by atoms with van der Waals surface area (Å²) in [5.74, 6) is 1.24. The average Bonchev–Trinajstić information content (AvgIpc) is 2.31. The molecule has 0 amide bonds. The molecule has 2 N–H and O–H groups in total. The molecule has 0 heterocycles. The predicted molar refractivity (Wildman–Crippen MR) is 73.0 cm³/mol. The minimum absolute atomic E-state index is 0.327. The van der Waals surface area contributed by atoms with Gasteiger partial charge in [-0.2, -0.15) is 11.8 Å². The van der Waals surface area contributed by atoms with E-state index in [1.54, 1.807) is 0 Å². The first-order valence-corrected chi connectivity index (χ1v) is 7.73. The van der Waals surface area contributed by atoms with Crippen molar-refractivity contribution in [3.8, 4) is 0 Å². The summed E-state index contributed by atoms with van der Waals surface area (Å²) in [6, 6.07) is 0. The van der Waals surface area contributed by atoms with Crippen LogP contribution >= 0.6 is 11.8 Å². The first kappa shape index (κ1) is 16.3. The second-order valence-corrected chi connectivity index (χ2v) is 5.69. The van der Waals surface area contributed by atoms with E-state index in [9.17, 15) is 0 Å². The molecule has 0 saturated carbocycles. The van der Waals surface area contributed by atoms with Crippen LogP contribution in [0.25, 0.3) is 0 Å². The largest absolute Gasteiger partial charge is 0.396 e. The zero-order valence-corrected chi connectivity index (χ0v) is 11.5. The van der Waals surface area contributed by atoms with Crippen molar-refractivity contribution in [2.24, 2.45) is 0 Å². The van der Waals surface area contributed by atoms with Crippen molar-refractivity contribution in [3.63, 3.8) is 0 Å². The number of rotatable bonds is 12. The van der Waals surface area contributed by atoms with E-state index in [0.717, 1.165) is 30.9 Å². The van der Waals surface area contributed by atoms with E-state index < -0.39 is 0 Å². The van der Waals surface area contributed by atoms with Gasteiger partial charge in [0.1, 0.15) is 0 Å². The molecule has 0 radical (unpaired) electrons. The molecule has 0 aliphatic carbocycles. The van der Waals surface area contributed by atoms with Crippen LogP contribution in [0.2, 0.25) is 0 Å². The van der Waals surface area contributed by atoms with Crippen molar-refractivity contribution in [3.05, 3.63) is 0 Å². The maximum atomic E-state index is 8.85. The zero-order chi connectivity index (χ0) is 12.1. The fourth-order valence-corrected chi connectivity index (χ4v) is 2.99. The summed E-state index contributed by atoms with van der Waals surface area (Å²) in [7, 11) is 0. The third-order valence-corrected chi connectivity index (χ3v) is 4.26. The quantitative estimate of drug-likeness (QED) is 0.521. The highest BCUT2D eigenvalue weighted by Crippen LogP contribution is 2.23. The molecule has 0 fully saturated rings. The molecule has 3 heteroatoms. The lowest BCUT2D eigenvalue weighted by Gasteiger charge is -2.15. The molecule has 0 aromatic rings. The lowest BCUT2D eigenvalue weighted by Crippen LogP contribution is -2.05. The Morgan fingerprint density at radius 2 is 1.50 bits per heavy atom. The minimum atomic E-state index is 0.327. The van der Waals surface area contributed by atoms with Crippen molar-refractivity contribution in [1.29, 1.82) is 0 Å². The molecule has 0 spiro atoms. The van der Waals surface area contributed by atoms with Crippen molar-refractivity contribution in [2.45, 2.75) is 63.5 Å². The van der Waals surface area contributed by atoms with Crippen molar-refractivity contribution >= 4 is 11.8 Å². The van der Waals surface area contributed by atoms with Crippen LogP contribution < -0.4 is 0 Å². The highest BCUT2D eigenvalue weighted by atomic mass is 32.2. The summed E-state index contributed by atoms with van der Waals surface area (Å²) in [6.45, 7) is 2.88. The Morgan fingerprint density at radius 3 is 2.12 bits per heavy atom. The Bertz CT molecular complexity index is 123. The topological polar surface area (TPSA) is 40.5 Å². The molecule has 0 saturated heterocycles. The molecule has 0 aliphatic heterocycles. The fourth-order valence-electron chi connectivity index (χ4n) is 1.75. The highest BCUT2D eigenvalue weighted by Gasteiger charge is 2.07. The van der Waals surface area contributed by atoms with Gasteiger partial charge >= 0.3 is 0 Å². The first-order chi connectivity index (χ1) is 7.85. The Morgan fingerprint density at radius 1 is 0.875 bits per heavy atom. The smallest absolute Gasteiger partial charge is 0.0431 e. The number of hydrogen-bond donors (Lipinski definition) is 2. The molecular formula is C13H28O2S. The van der Waals surface area contributed by atoms with Crippen LogP contribution in [-0.2, 0) is 0 Å². The van der Waals surface area contributed by atoms with Crippen LogP contribution in [0.1, 0.15) is 58.3 Å². The Hall–Kier alpha value is 0.270. The van der Waals surface area contributed by atoms with Gasteiger partial charge in [-0.25, -0.2) is 0 Å². The van der Waals surface area contributed by atoms with Crippen LogP contribution in [-0.4, -0.2) is 34.4 Å². The van der Waals surface area contributed by atoms with E-state index in [1.807, 2.05) is 0 Å². The molecule has 16 heavy (non-hydrogen) atoms. The molecule has 2 nitrogen and oxygen atoms in total. The first-order valence-electron chi connectivity index (χ1n) is 6.68. The van der Waals surface area contributed by atoms with Crippen molar-refractivity contribution in [1.82, 2.24) is 0 Å². The standard InChI is InChI=1S/C13H28O2S/c1-2-12-16-13(9-7-11-15)8-5-3-4-6-10-14/h13-15H,2-12H2,1H3.